The SMILES string of the molecule is CN1CN(C)c2cnccc21. The fourth-order valence-electron chi connectivity index (χ4n) is 1.47. The number of hydrogen-bond donors (Lipinski definition) is 0. The van der Waals surface area contributed by atoms with Crippen LogP contribution < -0.4 is 9.80 Å². The van der Waals surface area contributed by atoms with Gasteiger partial charge in [0.2, 0.25) is 0 Å². The van der Waals surface area contributed by atoms with E-state index in [1.807, 2.05) is 18.5 Å². The van der Waals surface area contributed by atoms with Gasteiger partial charge < -0.3 is 9.80 Å². The number of anilines is 2. The molecule has 0 amide bonds. The highest BCUT2D eigenvalue weighted by Crippen LogP contribution is 2.31. The lowest BCUT2D eigenvalue weighted by molar-refractivity contribution is 0.915. The standard InChI is InChI=1S/C8H11N3/c1-10-6-11(2)8-5-9-4-3-7(8)10/h3-5H,6H2,1-2H3. The van der Waals surface area contributed by atoms with Gasteiger partial charge in [-0.25, -0.2) is 0 Å². The first-order chi connectivity index (χ1) is 5.29. The first-order valence-electron chi connectivity index (χ1n) is 3.65. The highest BCUT2D eigenvalue weighted by Gasteiger charge is 2.18. The van der Waals surface area contributed by atoms with Crippen molar-refractivity contribution in [3.05, 3.63) is 18.5 Å². The molecule has 1 aromatic heterocycles. The van der Waals surface area contributed by atoms with E-state index in [9.17, 15) is 0 Å². The Labute approximate surface area is 66.3 Å². The van der Waals surface area contributed by atoms with Crippen molar-refractivity contribution in [1.29, 1.82) is 0 Å². The van der Waals surface area contributed by atoms with Gasteiger partial charge in [-0.15, -0.1) is 0 Å². The summed E-state index contributed by atoms with van der Waals surface area (Å²) in [5.41, 5.74) is 2.48. The molecule has 3 nitrogen and oxygen atoms in total. The molecular weight excluding hydrogens is 138 g/mol. The van der Waals surface area contributed by atoms with Crippen LogP contribution in [0.5, 0.6) is 0 Å². The van der Waals surface area contributed by atoms with E-state index in [0.717, 1.165) is 6.67 Å². The predicted molar refractivity (Wildman–Crippen MR) is 45.9 cm³/mol. The molecule has 11 heavy (non-hydrogen) atoms. The summed E-state index contributed by atoms with van der Waals surface area (Å²) in [6, 6.07) is 2.04. The molecule has 58 valence electrons. The molecule has 0 unspecified atom stereocenters. The van der Waals surface area contributed by atoms with Crippen molar-refractivity contribution in [3.63, 3.8) is 0 Å². The van der Waals surface area contributed by atoms with E-state index in [4.69, 9.17) is 0 Å². The minimum absolute atomic E-state index is 0.959. The lowest BCUT2D eigenvalue weighted by Gasteiger charge is -2.11. The van der Waals surface area contributed by atoms with E-state index < -0.39 is 0 Å². The minimum Gasteiger partial charge on any atom is -0.355 e. The van der Waals surface area contributed by atoms with Crippen LogP contribution >= 0.6 is 0 Å². The summed E-state index contributed by atoms with van der Waals surface area (Å²) in [5.74, 6) is 0. The normalized spacial score (nSPS) is 15.5. The van der Waals surface area contributed by atoms with Gasteiger partial charge in [0.15, 0.2) is 0 Å². The molecule has 3 heteroatoms. The molecule has 0 aromatic carbocycles. The van der Waals surface area contributed by atoms with Crippen molar-refractivity contribution in [2.24, 2.45) is 0 Å². The Morgan fingerprint density at radius 2 is 2.00 bits per heavy atom. The average Bonchev–Trinajstić information content (AvgIpc) is 2.30. The largest absolute Gasteiger partial charge is 0.355 e. The Morgan fingerprint density at radius 1 is 1.27 bits per heavy atom. The zero-order chi connectivity index (χ0) is 7.84. The van der Waals surface area contributed by atoms with Gasteiger partial charge >= 0.3 is 0 Å². The van der Waals surface area contributed by atoms with Crippen LogP contribution in [0.25, 0.3) is 0 Å². The third-order valence-electron chi connectivity index (χ3n) is 2.02. The second-order valence-corrected chi connectivity index (χ2v) is 2.90. The molecule has 0 N–H and O–H groups in total. The Morgan fingerprint density at radius 3 is 2.73 bits per heavy atom. The second kappa shape index (κ2) is 2.12. The van der Waals surface area contributed by atoms with Crippen molar-refractivity contribution in [2.75, 3.05) is 30.6 Å². The number of aromatic nitrogens is 1. The molecule has 0 aliphatic carbocycles. The summed E-state index contributed by atoms with van der Waals surface area (Å²) < 4.78 is 0. The van der Waals surface area contributed by atoms with Crippen LogP contribution in [0.2, 0.25) is 0 Å². The van der Waals surface area contributed by atoms with E-state index in [1.54, 1.807) is 0 Å². The van der Waals surface area contributed by atoms with Crippen LogP contribution in [0.15, 0.2) is 18.5 Å². The molecule has 0 saturated carbocycles. The molecule has 0 spiro atoms. The van der Waals surface area contributed by atoms with Crippen LogP contribution in [0.4, 0.5) is 11.4 Å². The molecule has 2 rings (SSSR count). The molecule has 1 aromatic rings. The molecule has 1 aliphatic heterocycles. The van der Waals surface area contributed by atoms with Crippen LogP contribution in [0, 0.1) is 0 Å². The average molecular weight is 149 g/mol. The van der Waals surface area contributed by atoms with Crippen molar-refractivity contribution in [2.45, 2.75) is 0 Å². The Balaban J connectivity index is 2.52. The zero-order valence-electron chi connectivity index (χ0n) is 6.78. The van der Waals surface area contributed by atoms with Gasteiger partial charge in [0.25, 0.3) is 0 Å². The van der Waals surface area contributed by atoms with Gasteiger partial charge in [0.05, 0.1) is 24.2 Å². The lowest BCUT2D eigenvalue weighted by Crippen LogP contribution is -2.23. The number of rotatable bonds is 0. The molecule has 0 atom stereocenters. The summed E-state index contributed by atoms with van der Waals surface area (Å²) in [6.07, 6.45) is 3.73. The fourth-order valence-corrected chi connectivity index (χ4v) is 1.47. The first-order valence-corrected chi connectivity index (χ1v) is 3.65. The highest BCUT2D eigenvalue weighted by atomic mass is 15.3. The third-order valence-corrected chi connectivity index (χ3v) is 2.02. The molecule has 0 saturated heterocycles. The van der Waals surface area contributed by atoms with Crippen molar-refractivity contribution in [1.82, 2.24) is 4.98 Å². The summed E-state index contributed by atoms with van der Waals surface area (Å²) in [5, 5.41) is 0. The van der Waals surface area contributed by atoms with Crippen LogP contribution in [0.3, 0.4) is 0 Å². The molecule has 2 heterocycles. The van der Waals surface area contributed by atoms with E-state index in [-0.39, 0.29) is 0 Å². The monoisotopic (exact) mass is 149 g/mol. The van der Waals surface area contributed by atoms with Crippen LogP contribution in [-0.4, -0.2) is 25.7 Å². The number of nitrogens with zero attached hydrogens (tertiary/aromatic N) is 3. The van der Waals surface area contributed by atoms with Gasteiger partial charge in [-0.1, -0.05) is 0 Å². The maximum absolute atomic E-state index is 4.07. The molecule has 0 radical (unpaired) electrons. The van der Waals surface area contributed by atoms with E-state index >= 15 is 0 Å². The fraction of sp³-hybridized carbons (Fsp3) is 0.375. The van der Waals surface area contributed by atoms with Crippen molar-refractivity contribution in [3.8, 4) is 0 Å². The summed E-state index contributed by atoms with van der Waals surface area (Å²) in [4.78, 5) is 8.46. The van der Waals surface area contributed by atoms with E-state index in [1.165, 1.54) is 11.4 Å². The third kappa shape index (κ3) is 0.843. The Bertz CT molecular complexity index is 245. The number of fused-ring (bicyclic) bond motifs is 1. The van der Waals surface area contributed by atoms with Gasteiger partial charge in [0, 0.05) is 20.3 Å². The lowest BCUT2D eigenvalue weighted by atomic mass is 10.3. The van der Waals surface area contributed by atoms with E-state index in [2.05, 4.69) is 28.9 Å². The van der Waals surface area contributed by atoms with Crippen LogP contribution in [-0.2, 0) is 0 Å². The van der Waals surface area contributed by atoms with Crippen molar-refractivity contribution >= 4 is 11.4 Å². The first kappa shape index (κ1) is 6.46. The van der Waals surface area contributed by atoms with Crippen LogP contribution in [0.1, 0.15) is 0 Å². The van der Waals surface area contributed by atoms with Gasteiger partial charge in [0.1, 0.15) is 0 Å². The van der Waals surface area contributed by atoms with E-state index in [0.29, 0.717) is 0 Å². The van der Waals surface area contributed by atoms with Gasteiger partial charge in [-0.05, 0) is 6.07 Å². The second-order valence-electron chi connectivity index (χ2n) is 2.90. The highest BCUT2D eigenvalue weighted by molar-refractivity contribution is 5.74. The minimum atomic E-state index is 0.959. The summed E-state index contributed by atoms with van der Waals surface area (Å²) >= 11 is 0. The predicted octanol–water partition coefficient (Wildman–Crippen LogP) is 0.925. The topological polar surface area (TPSA) is 19.4 Å². The van der Waals surface area contributed by atoms with Crippen molar-refractivity contribution < 1.29 is 0 Å². The molecule has 0 bridgehead atoms. The molecule has 1 aliphatic rings. The Hall–Kier alpha value is -1.25. The van der Waals surface area contributed by atoms with Gasteiger partial charge in [-0.2, -0.15) is 0 Å². The number of pyridine rings is 1. The quantitative estimate of drug-likeness (QED) is 0.547. The molecule has 0 fully saturated rings. The van der Waals surface area contributed by atoms with Gasteiger partial charge in [-0.3, -0.25) is 4.98 Å². The number of hydrogen-bond acceptors (Lipinski definition) is 3. The maximum atomic E-state index is 4.07. The summed E-state index contributed by atoms with van der Waals surface area (Å²) in [6.45, 7) is 0.959. The molecular formula is C8H11N3. The summed E-state index contributed by atoms with van der Waals surface area (Å²) in [7, 11) is 4.16. The Kier molecular flexibility index (Phi) is 1.24. The maximum Gasteiger partial charge on any atom is 0.0898 e. The zero-order valence-corrected chi connectivity index (χ0v) is 6.78. The smallest absolute Gasteiger partial charge is 0.0898 e.